The Morgan fingerprint density at radius 1 is 1.25 bits per heavy atom. The van der Waals surface area contributed by atoms with Crippen LogP contribution in [0.15, 0.2) is 34.9 Å². The number of nitrogens with one attached hydrogen (secondary N) is 1. The second-order valence-corrected chi connectivity index (χ2v) is 6.02. The Morgan fingerprint density at radius 2 is 1.93 bits per heavy atom. The van der Waals surface area contributed by atoms with E-state index in [0.29, 0.717) is 18.8 Å². The number of nitrogens with zero attached hydrogens (tertiary/aromatic N) is 2. The highest BCUT2D eigenvalue weighted by molar-refractivity contribution is 5.99. The monoisotopic (exact) mass is 399 g/mol. The number of aryl methyl sites for hydroxylation is 1. The number of amides is 2. The van der Waals surface area contributed by atoms with Gasteiger partial charge in [0.25, 0.3) is 5.91 Å². The van der Waals surface area contributed by atoms with E-state index in [1.807, 2.05) is 0 Å². The number of methoxy groups -OCH3 is 1. The molecule has 2 aromatic rings. The number of rotatable bonds is 8. The second-order valence-electron chi connectivity index (χ2n) is 6.02. The number of carbonyl (C=O) groups is 2. The molecule has 0 unspecified atom stereocenters. The van der Waals surface area contributed by atoms with E-state index in [1.165, 1.54) is 18.1 Å². The molecule has 0 radical (unpaired) electrons. The maximum atomic E-state index is 12.7. The lowest BCUT2D eigenvalue weighted by atomic mass is 10.1. The molecule has 10 heteroatoms. The fourth-order valence-corrected chi connectivity index (χ4v) is 2.42. The first-order chi connectivity index (χ1) is 13.2. The number of ether oxygens (including phenoxy) is 1. The fraction of sp³-hybridized carbons (Fsp3) is 0.389. The van der Waals surface area contributed by atoms with Crippen LogP contribution in [0.2, 0.25) is 0 Å². The van der Waals surface area contributed by atoms with Gasteiger partial charge in [-0.1, -0.05) is 5.16 Å². The van der Waals surface area contributed by atoms with Gasteiger partial charge in [-0.2, -0.15) is 13.2 Å². The van der Waals surface area contributed by atoms with E-state index in [4.69, 9.17) is 9.26 Å². The van der Waals surface area contributed by atoms with Crippen molar-refractivity contribution in [2.24, 2.45) is 0 Å². The third kappa shape index (κ3) is 6.08. The standard InChI is InChI=1S/C18H20F3N3O4/c1-12-10-15(23-28-12)22-16(25)11-24(8-3-9-27-2)17(26)13-4-6-14(7-5-13)18(19,20)21/h4-7,10H,3,8-9,11H2,1-2H3,(H,22,23,25). The van der Waals surface area contributed by atoms with Gasteiger partial charge in [-0.25, -0.2) is 0 Å². The summed E-state index contributed by atoms with van der Waals surface area (Å²) in [6.45, 7) is 1.92. The summed E-state index contributed by atoms with van der Waals surface area (Å²) >= 11 is 0. The zero-order valence-corrected chi connectivity index (χ0v) is 15.4. The average molecular weight is 399 g/mol. The molecule has 152 valence electrons. The summed E-state index contributed by atoms with van der Waals surface area (Å²) in [7, 11) is 1.50. The Morgan fingerprint density at radius 3 is 2.46 bits per heavy atom. The van der Waals surface area contributed by atoms with Crippen LogP contribution in [0.4, 0.5) is 19.0 Å². The van der Waals surface area contributed by atoms with Crippen LogP contribution in [-0.4, -0.2) is 48.7 Å². The van der Waals surface area contributed by atoms with Crippen molar-refractivity contribution in [2.45, 2.75) is 19.5 Å². The Labute approximate surface area is 159 Å². The zero-order chi connectivity index (χ0) is 20.7. The van der Waals surface area contributed by atoms with Gasteiger partial charge < -0.3 is 19.5 Å². The first kappa shape index (κ1) is 21.4. The number of hydrogen-bond acceptors (Lipinski definition) is 5. The zero-order valence-electron chi connectivity index (χ0n) is 15.4. The molecule has 0 spiro atoms. The largest absolute Gasteiger partial charge is 0.416 e. The van der Waals surface area contributed by atoms with E-state index < -0.39 is 23.6 Å². The summed E-state index contributed by atoms with van der Waals surface area (Å²) < 4.78 is 47.9. The summed E-state index contributed by atoms with van der Waals surface area (Å²) in [4.78, 5) is 26.1. The molecule has 1 N–H and O–H groups in total. The van der Waals surface area contributed by atoms with Gasteiger partial charge >= 0.3 is 6.18 Å². The highest BCUT2D eigenvalue weighted by Crippen LogP contribution is 2.29. The number of alkyl halides is 3. The summed E-state index contributed by atoms with van der Waals surface area (Å²) in [5.74, 6) is -0.350. The van der Waals surface area contributed by atoms with Crippen LogP contribution in [0.5, 0.6) is 0 Å². The first-order valence-corrected chi connectivity index (χ1v) is 8.39. The number of aromatic nitrogens is 1. The number of hydrogen-bond donors (Lipinski definition) is 1. The third-order valence-corrected chi connectivity index (χ3v) is 3.75. The number of anilines is 1. The molecule has 0 fully saturated rings. The van der Waals surface area contributed by atoms with Crippen molar-refractivity contribution in [1.29, 1.82) is 0 Å². The smallest absolute Gasteiger partial charge is 0.385 e. The summed E-state index contributed by atoms with van der Waals surface area (Å²) in [5.41, 5.74) is -0.801. The molecule has 2 amide bonds. The molecule has 1 heterocycles. The minimum Gasteiger partial charge on any atom is -0.385 e. The molecule has 28 heavy (non-hydrogen) atoms. The molecule has 0 bridgehead atoms. The summed E-state index contributed by atoms with van der Waals surface area (Å²) in [6.07, 6.45) is -4.03. The van der Waals surface area contributed by atoms with Gasteiger partial charge in [-0.3, -0.25) is 9.59 Å². The Kier molecular flexibility index (Phi) is 7.16. The maximum absolute atomic E-state index is 12.7. The first-order valence-electron chi connectivity index (χ1n) is 8.39. The highest BCUT2D eigenvalue weighted by atomic mass is 19.4. The van der Waals surface area contributed by atoms with Crippen molar-refractivity contribution < 1.29 is 32.0 Å². The lowest BCUT2D eigenvalue weighted by Gasteiger charge is -2.22. The lowest BCUT2D eigenvalue weighted by Crippen LogP contribution is -2.39. The number of carbonyl (C=O) groups excluding carboxylic acids is 2. The minimum atomic E-state index is -4.49. The van der Waals surface area contributed by atoms with Crippen molar-refractivity contribution in [3.63, 3.8) is 0 Å². The summed E-state index contributed by atoms with van der Waals surface area (Å²) in [5, 5.41) is 6.14. The summed E-state index contributed by atoms with van der Waals surface area (Å²) in [6, 6.07) is 5.36. The van der Waals surface area contributed by atoms with Crippen LogP contribution < -0.4 is 5.32 Å². The van der Waals surface area contributed by atoms with Crippen LogP contribution in [-0.2, 0) is 15.7 Å². The predicted octanol–water partition coefficient (Wildman–Crippen LogP) is 3.12. The molecule has 0 atom stereocenters. The SMILES string of the molecule is COCCCN(CC(=O)Nc1cc(C)on1)C(=O)c1ccc(C(F)(F)F)cc1. The van der Waals surface area contributed by atoms with Gasteiger partial charge in [0.05, 0.1) is 5.56 Å². The quantitative estimate of drug-likeness (QED) is 0.690. The lowest BCUT2D eigenvalue weighted by molar-refractivity contribution is -0.137. The third-order valence-electron chi connectivity index (χ3n) is 3.75. The van der Waals surface area contributed by atoms with Gasteiger partial charge in [0.15, 0.2) is 5.82 Å². The molecule has 0 saturated heterocycles. The van der Waals surface area contributed by atoms with Crippen LogP contribution in [0.25, 0.3) is 0 Å². The van der Waals surface area contributed by atoms with E-state index in [-0.39, 0.29) is 24.5 Å². The average Bonchev–Trinajstić information content (AvgIpc) is 3.04. The van der Waals surface area contributed by atoms with Crippen molar-refractivity contribution in [2.75, 3.05) is 32.1 Å². The Bertz CT molecular complexity index is 803. The molecule has 0 saturated carbocycles. The van der Waals surface area contributed by atoms with E-state index in [1.54, 1.807) is 6.92 Å². The molecule has 0 aliphatic rings. The van der Waals surface area contributed by atoms with Crippen molar-refractivity contribution >= 4 is 17.6 Å². The normalized spacial score (nSPS) is 11.3. The topological polar surface area (TPSA) is 84.7 Å². The van der Waals surface area contributed by atoms with E-state index in [0.717, 1.165) is 24.3 Å². The molecular weight excluding hydrogens is 379 g/mol. The van der Waals surface area contributed by atoms with Crippen LogP contribution in [0.1, 0.15) is 28.1 Å². The van der Waals surface area contributed by atoms with E-state index >= 15 is 0 Å². The molecule has 2 rings (SSSR count). The van der Waals surface area contributed by atoms with Crippen LogP contribution in [0.3, 0.4) is 0 Å². The maximum Gasteiger partial charge on any atom is 0.416 e. The van der Waals surface area contributed by atoms with Crippen molar-refractivity contribution in [1.82, 2.24) is 10.1 Å². The molecule has 7 nitrogen and oxygen atoms in total. The molecule has 1 aromatic carbocycles. The number of benzene rings is 1. The van der Waals surface area contributed by atoms with E-state index in [2.05, 4.69) is 10.5 Å². The Balaban J connectivity index is 2.09. The van der Waals surface area contributed by atoms with Gasteiger partial charge in [0.1, 0.15) is 12.3 Å². The molecule has 0 aliphatic heterocycles. The van der Waals surface area contributed by atoms with Gasteiger partial charge in [-0.05, 0) is 37.6 Å². The van der Waals surface area contributed by atoms with Crippen molar-refractivity contribution in [3.8, 4) is 0 Å². The minimum absolute atomic E-state index is 0.0514. The van der Waals surface area contributed by atoms with Crippen LogP contribution >= 0.6 is 0 Å². The van der Waals surface area contributed by atoms with Gasteiger partial charge in [-0.15, -0.1) is 0 Å². The predicted molar refractivity (Wildman–Crippen MR) is 93.7 cm³/mol. The second kappa shape index (κ2) is 9.36. The highest BCUT2D eigenvalue weighted by Gasteiger charge is 2.30. The van der Waals surface area contributed by atoms with Gasteiger partial charge in [0, 0.05) is 31.9 Å². The Hall–Kier alpha value is -2.88. The van der Waals surface area contributed by atoms with Gasteiger partial charge in [0.2, 0.25) is 5.91 Å². The van der Waals surface area contributed by atoms with Crippen molar-refractivity contribution in [3.05, 3.63) is 47.2 Å². The molecular formula is C18H20F3N3O4. The molecule has 1 aromatic heterocycles. The van der Waals surface area contributed by atoms with Crippen LogP contribution in [0, 0.1) is 6.92 Å². The van der Waals surface area contributed by atoms with E-state index in [9.17, 15) is 22.8 Å². The number of halogens is 3. The fourth-order valence-electron chi connectivity index (χ4n) is 2.42. The molecule has 0 aliphatic carbocycles.